The van der Waals surface area contributed by atoms with Crippen LogP contribution in [-0.2, 0) is 6.54 Å². The third-order valence-corrected chi connectivity index (χ3v) is 1.55. The predicted molar refractivity (Wildman–Crippen MR) is 40.1 cm³/mol. The predicted octanol–water partition coefficient (Wildman–Crippen LogP) is 1.18. The summed E-state index contributed by atoms with van der Waals surface area (Å²) in [6.45, 7) is -0.709. The Kier molecular flexibility index (Phi) is 3.10. The average molecular weight is 208 g/mol. The minimum atomic E-state index is -3.13. The summed E-state index contributed by atoms with van der Waals surface area (Å²) in [4.78, 5) is 13.8. The molecule has 0 aliphatic carbocycles. The van der Waals surface area contributed by atoms with Gasteiger partial charge in [0.05, 0.1) is 6.54 Å². The first-order chi connectivity index (χ1) is 6.52. The molecule has 0 aliphatic rings. The van der Waals surface area contributed by atoms with Crippen LogP contribution in [0.3, 0.4) is 0 Å². The Balaban J connectivity index is 2.76. The summed E-state index contributed by atoms with van der Waals surface area (Å²) >= 11 is 0. The number of aromatic carboxylic acids is 1. The molecule has 0 amide bonds. The number of hydrogen-bond donors (Lipinski definition) is 1. The van der Waals surface area contributed by atoms with E-state index in [1.54, 1.807) is 0 Å². The average Bonchev–Trinajstić information content (AvgIpc) is 2.52. The Morgan fingerprint density at radius 1 is 1.57 bits per heavy atom. The summed E-state index contributed by atoms with van der Waals surface area (Å²) in [6.07, 6.45) is -3.26. The van der Waals surface area contributed by atoms with Crippen LogP contribution in [0.4, 0.5) is 13.2 Å². The van der Waals surface area contributed by atoms with E-state index in [0.717, 1.165) is 17.0 Å². The van der Waals surface area contributed by atoms with Gasteiger partial charge in [-0.05, 0) is 0 Å². The molecule has 1 aromatic rings. The van der Waals surface area contributed by atoms with Crippen molar-refractivity contribution in [2.24, 2.45) is 0 Å². The number of aromatic nitrogens is 2. The van der Waals surface area contributed by atoms with Crippen LogP contribution in [-0.4, -0.2) is 33.2 Å². The van der Waals surface area contributed by atoms with Crippen molar-refractivity contribution >= 4 is 5.97 Å². The van der Waals surface area contributed by atoms with Crippen molar-refractivity contribution in [3.05, 3.63) is 18.2 Å². The number of rotatable bonds is 4. The summed E-state index contributed by atoms with van der Waals surface area (Å²) < 4.78 is 37.0. The summed E-state index contributed by atoms with van der Waals surface area (Å²) in [7, 11) is 0. The van der Waals surface area contributed by atoms with E-state index in [-0.39, 0.29) is 0 Å². The molecule has 0 saturated carbocycles. The third kappa shape index (κ3) is 2.24. The Morgan fingerprint density at radius 2 is 2.21 bits per heavy atom. The fourth-order valence-electron chi connectivity index (χ4n) is 0.922. The van der Waals surface area contributed by atoms with Crippen LogP contribution < -0.4 is 0 Å². The van der Waals surface area contributed by atoms with Gasteiger partial charge in [0.25, 0.3) is 6.43 Å². The zero-order valence-corrected chi connectivity index (χ0v) is 6.90. The number of carbonyl (C=O) groups is 1. The molecule has 0 fully saturated rings. The first-order valence-corrected chi connectivity index (χ1v) is 3.69. The summed E-state index contributed by atoms with van der Waals surface area (Å²) in [5.41, 5.74) is 0. The molecule has 0 saturated heterocycles. The summed E-state index contributed by atoms with van der Waals surface area (Å²) in [5.74, 6) is -1.83. The maximum absolute atomic E-state index is 12.5. The molecule has 0 aromatic carbocycles. The van der Waals surface area contributed by atoms with Gasteiger partial charge in [-0.3, -0.25) is 0 Å². The number of carboxylic acids is 1. The van der Waals surface area contributed by atoms with Crippen molar-refractivity contribution in [3.63, 3.8) is 0 Å². The second kappa shape index (κ2) is 4.12. The number of imidazole rings is 1. The van der Waals surface area contributed by atoms with Crippen molar-refractivity contribution in [1.29, 1.82) is 0 Å². The molecule has 1 N–H and O–H groups in total. The minimum Gasteiger partial charge on any atom is -0.475 e. The number of hydrogen-bond acceptors (Lipinski definition) is 2. The van der Waals surface area contributed by atoms with Crippen LogP contribution >= 0.6 is 0 Å². The highest BCUT2D eigenvalue weighted by Crippen LogP contribution is 2.09. The van der Waals surface area contributed by atoms with Crippen molar-refractivity contribution in [1.82, 2.24) is 9.55 Å². The van der Waals surface area contributed by atoms with E-state index < -0.39 is 30.9 Å². The Labute approximate surface area is 77.0 Å². The molecule has 1 unspecified atom stereocenters. The largest absolute Gasteiger partial charge is 0.475 e. The molecule has 1 atom stereocenters. The molecule has 14 heavy (non-hydrogen) atoms. The molecule has 0 spiro atoms. The zero-order chi connectivity index (χ0) is 10.7. The first kappa shape index (κ1) is 10.6. The second-order valence-corrected chi connectivity index (χ2v) is 2.56. The fraction of sp³-hybridized carbons (Fsp3) is 0.429. The third-order valence-electron chi connectivity index (χ3n) is 1.55. The number of nitrogens with zero attached hydrogens (tertiary/aromatic N) is 2. The second-order valence-electron chi connectivity index (χ2n) is 2.56. The molecule has 0 radical (unpaired) electrons. The molecule has 0 aliphatic heterocycles. The van der Waals surface area contributed by atoms with E-state index in [2.05, 4.69) is 4.98 Å². The SMILES string of the molecule is O=C(O)c1nccn1CC(F)C(F)F. The quantitative estimate of drug-likeness (QED) is 0.808. The Hall–Kier alpha value is -1.53. The first-order valence-electron chi connectivity index (χ1n) is 3.69. The standard InChI is InChI=1S/C7H7F3N2O2/c8-4(5(9)10)3-12-2-1-11-6(12)7(13)14/h1-2,4-5H,3H2,(H,13,14). The highest BCUT2D eigenvalue weighted by Gasteiger charge is 2.22. The van der Waals surface area contributed by atoms with Gasteiger partial charge in [-0.1, -0.05) is 0 Å². The minimum absolute atomic E-state index is 0.451. The van der Waals surface area contributed by atoms with Gasteiger partial charge in [0, 0.05) is 12.4 Å². The van der Waals surface area contributed by atoms with Crippen LogP contribution in [0.15, 0.2) is 12.4 Å². The van der Waals surface area contributed by atoms with Gasteiger partial charge in [-0.25, -0.2) is 22.9 Å². The molecular formula is C7H7F3N2O2. The van der Waals surface area contributed by atoms with Crippen molar-refractivity contribution in [3.8, 4) is 0 Å². The highest BCUT2D eigenvalue weighted by atomic mass is 19.3. The Morgan fingerprint density at radius 3 is 2.71 bits per heavy atom. The number of carboxylic acid groups (broad SMARTS) is 1. The molecule has 1 heterocycles. The maximum atomic E-state index is 12.5. The van der Waals surface area contributed by atoms with Gasteiger partial charge in [0.1, 0.15) is 0 Å². The lowest BCUT2D eigenvalue weighted by Gasteiger charge is -2.08. The van der Waals surface area contributed by atoms with E-state index in [9.17, 15) is 18.0 Å². The van der Waals surface area contributed by atoms with Crippen LogP contribution in [0.1, 0.15) is 10.6 Å². The maximum Gasteiger partial charge on any atom is 0.372 e. The van der Waals surface area contributed by atoms with E-state index in [0.29, 0.717) is 0 Å². The van der Waals surface area contributed by atoms with Gasteiger partial charge < -0.3 is 9.67 Å². The molecule has 1 aromatic heterocycles. The van der Waals surface area contributed by atoms with Gasteiger partial charge in [0.2, 0.25) is 5.82 Å². The monoisotopic (exact) mass is 208 g/mol. The number of halogens is 3. The number of alkyl halides is 3. The summed E-state index contributed by atoms with van der Waals surface area (Å²) in [6, 6.07) is 0. The lowest BCUT2D eigenvalue weighted by molar-refractivity contribution is 0.0391. The highest BCUT2D eigenvalue weighted by molar-refractivity contribution is 5.83. The molecule has 0 bridgehead atoms. The van der Waals surface area contributed by atoms with Gasteiger partial charge in [0.15, 0.2) is 6.17 Å². The smallest absolute Gasteiger partial charge is 0.372 e. The van der Waals surface area contributed by atoms with Crippen LogP contribution in [0.25, 0.3) is 0 Å². The van der Waals surface area contributed by atoms with E-state index in [4.69, 9.17) is 5.11 Å². The molecule has 1 rings (SSSR count). The lowest BCUT2D eigenvalue weighted by atomic mass is 10.4. The van der Waals surface area contributed by atoms with Crippen LogP contribution in [0, 0.1) is 0 Å². The Bertz CT molecular complexity index is 326. The molecule has 7 heteroatoms. The molecule has 4 nitrogen and oxygen atoms in total. The fourth-order valence-corrected chi connectivity index (χ4v) is 0.922. The topological polar surface area (TPSA) is 55.1 Å². The van der Waals surface area contributed by atoms with E-state index in [1.807, 2.05) is 0 Å². The van der Waals surface area contributed by atoms with Crippen LogP contribution in [0.2, 0.25) is 0 Å². The molecule has 78 valence electrons. The zero-order valence-electron chi connectivity index (χ0n) is 6.90. The summed E-state index contributed by atoms with van der Waals surface area (Å²) in [5, 5.41) is 8.51. The van der Waals surface area contributed by atoms with Gasteiger partial charge >= 0.3 is 5.97 Å². The van der Waals surface area contributed by atoms with Crippen molar-refractivity contribution in [2.75, 3.05) is 0 Å². The normalized spacial score (nSPS) is 13.1. The van der Waals surface area contributed by atoms with E-state index >= 15 is 0 Å². The lowest BCUT2D eigenvalue weighted by Crippen LogP contribution is -2.21. The van der Waals surface area contributed by atoms with Gasteiger partial charge in [-0.15, -0.1) is 0 Å². The van der Waals surface area contributed by atoms with Crippen molar-refractivity contribution in [2.45, 2.75) is 19.1 Å². The van der Waals surface area contributed by atoms with Crippen LogP contribution in [0.5, 0.6) is 0 Å². The van der Waals surface area contributed by atoms with E-state index in [1.165, 1.54) is 0 Å². The molecular weight excluding hydrogens is 201 g/mol. The van der Waals surface area contributed by atoms with Crippen molar-refractivity contribution < 1.29 is 23.1 Å². The van der Waals surface area contributed by atoms with Gasteiger partial charge in [-0.2, -0.15) is 0 Å².